The fourth-order valence-corrected chi connectivity index (χ4v) is 2.55. The minimum absolute atomic E-state index is 0.0342. The Hall–Kier alpha value is -4.20. The summed E-state index contributed by atoms with van der Waals surface area (Å²) in [5.74, 6) is 1.14. The lowest BCUT2D eigenvalue weighted by Gasteiger charge is -2.18. The first-order valence-corrected chi connectivity index (χ1v) is 8.79. The number of azo groups is 1. The monoisotopic (exact) mass is 391 g/mol. The molecular weight excluding hydrogens is 374 g/mol. The average Bonchev–Trinajstić information content (AvgIpc) is 3.17. The van der Waals surface area contributed by atoms with E-state index in [1.165, 1.54) is 41.3 Å². The van der Waals surface area contributed by atoms with Crippen LogP contribution < -0.4 is 4.90 Å². The van der Waals surface area contributed by atoms with Crippen LogP contribution in [0.5, 0.6) is 0 Å². The fraction of sp³-hybridized carbons (Fsp3) is 0.222. The Morgan fingerprint density at radius 2 is 1.90 bits per heavy atom. The number of nitro groups is 1. The van der Waals surface area contributed by atoms with Crippen LogP contribution in [-0.2, 0) is 0 Å². The molecule has 3 aromatic rings. The summed E-state index contributed by atoms with van der Waals surface area (Å²) in [6.45, 7) is 5.70. The van der Waals surface area contributed by atoms with E-state index in [-0.39, 0.29) is 22.9 Å². The molecule has 0 aliphatic rings. The van der Waals surface area contributed by atoms with Gasteiger partial charge in [-0.1, -0.05) is 0 Å². The van der Waals surface area contributed by atoms with Crippen LogP contribution in [0.25, 0.3) is 5.69 Å². The number of nitro benzene ring substituents is 1. The summed E-state index contributed by atoms with van der Waals surface area (Å²) in [4.78, 5) is 20.9. The van der Waals surface area contributed by atoms with E-state index in [4.69, 9.17) is 0 Å². The van der Waals surface area contributed by atoms with Gasteiger partial charge in [-0.15, -0.1) is 15.3 Å². The minimum Gasteiger partial charge on any atom is -0.356 e. The molecule has 0 atom stereocenters. The summed E-state index contributed by atoms with van der Waals surface area (Å²) >= 11 is 0. The number of non-ortho nitro benzene ring substituents is 1. The Balaban J connectivity index is 1.82. The zero-order valence-corrected chi connectivity index (χ0v) is 15.8. The van der Waals surface area contributed by atoms with E-state index in [0.29, 0.717) is 5.69 Å². The molecule has 0 aliphatic heterocycles. The van der Waals surface area contributed by atoms with Gasteiger partial charge in [0, 0.05) is 25.2 Å². The van der Waals surface area contributed by atoms with Crippen molar-refractivity contribution in [2.45, 2.75) is 13.8 Å². The van der Waals surface area contributed by atoms with Gasteiger partial charge < -0.3 is 4.90 Å². The van der Waals surface area contributed by atoms with Gasteiger partial charge in [-0.25, -0.2) is 14.6 Å². The molecule has 2 heterocycles. The van der Waals surface area contributed by atoms with Crippen molar-refractivity contribution in [3.8, 4) is 11.8 Å². The van der Waals surface area contributed by atoms with E-state index in [9.17, 15) is 15.4 Å². The number of hydrogen-bond donors (Lipinski definition) is 0. The highest BCUT2D eigenvalue weighted by atomic mass is 16.6. The van der Waals surface area contributed by atoms with Crippen molar-refractivity contribution in [2.75, 3.05) is 18.0 Å². The van der Waals surface area contributed by atoms with Gasteiger partial charge >= 0.3 is 0 Å². The minimum atomic E-state index is -0.486. The molecule has 11 heteroatoms. The van der Waals surface area contributed by atoms with Gasteiger partial charge in [-0.05, 0) is 26.0 Å². The zero-order chi connectivity index (χ0) is 20.8. The molecule has 2 aromatic heterocycles. The smallest absolute Gasteiger partial charge is 0.269 e. The fourth-order valence-electron chi connectivity index (χ4n) is 2.55. The standard InChI is InChI=1S/C18H17N9O2/c1-3-25(4-2)17-11-20-16(10-21-17)22-23-18-13(9-19)12-26(24-18)14-5-7-15(8-6-14)27(28)29/h5-8,10-12H,3-4H2,1-2H3. The number of rotatable bonds is 7. The highest BCUT2D eigenvalue weighted by Crippen LogP contribution is 2.22. The number of nitrogens with zero attached hydrogens (tertiary/aromatic N) is 9. The normalized spacial score (nSPS) is 10.8. The molecule has 0 fully saturated rings. The second kappa shape index (κ2) is 8.66. The third-order valence-electron chi connectivity index (χ3n) is 4.10. The van der Waals surface area contributed by atoms with Gasteiger partial charge in [0.2, 0.25) is 5.82 Å². The van der Waals surface area contributed by atoms with E-state index in [2.05, 4.69) is 25.3 Å². The van der Waals surface area contributed by atoms with Crippen molar-refractivity contribution in [2.24, 2.45) is 10.2 Å². The van der Waals surface area contributed by atoms with Crippen molar-refractivity contribution in [3.63, 3.8) is 0 Å². The van der Waals surface area contributed by atoms with Crippen LogP contribution in [-0.4, -0.2) is 37.8 Å². The van der Waals surface area contributed by atoms with Gasteiger partial charge in [0.05, 0.1) is 29.2 Å². The Labute approximate surface area is 166 Å². The van der Waals surface area contributed by atoms with Gasteiger partial charge in [0.1, 0.15) is 17.5 Å². The van der Waals surface area contributed by atoms with E-state index >= 15 is 0 Å². The molecular formula is C18H17N9O2. The van der Waals surface area contributed by atoms with Crippen molar-refractivity contribution in [1.29, 1.82) is 5.26 Å². The van der Waals surface area contributed by atoms with E-state index in [0.717, 1.165) is 18.9 Å². The van der Waals surface area contributed by atoms with Crippen molar-refractivity contribution >= 4 is 23.1 Å². The molecule has 0 N–H and O–H groups in total. The number of benzene rings is 1. The maximum absolute atomic E-state index is 10.8. The first kappa shape index (κ1) is 19.6. The van der Waals surface area contributed by atoms with E-state index in [1.807, 2.05) is 24.8 Å². The molecule has 0 saturated carbocycles. The molecule has 0 bridgehead atoms. The summed E-state index contributed by atoms with van der Waals surface area (Å²) in [5.41, 5.74) is 0.727. The molecule has 1 aromatic carbocycles. The Bertz CT molecular complexity index is 1060. The molecule has 0 unspecified atom stereocenters. The van der Waals surface area contributed by atoms with Gasteiger partial charge in [-0.2, -0.15) is 5.26 Å². The first-order chi connectivity index (χ1) is 14.0. The molecule has 0 amide bonds. The third-order valence-corrected chi connectivity index (χ3v) is 4.10. The maximum Gasteiger partial charge on any atom is 0.269 e. The van der Waals surface area contributed by atoms with Crippen LogP contribution >= 0.6 is 0 Å². The summed E-state index contributed by atoms with van der Waals surface area (Å²) in [7, 11) is 0. The van der Waals surface area contributed by atoms with Crippen molar-refractivity contribution in [1.82, 2.24) is 19.7 Å². The maximum atomic E-state index is 10.8. The molecule has 0 spiro atoms. The predicted octanol–water partition coefficient (Wildman–Crippen LogP) is 3.70. The van der Waals surface area contributed by atoms with E-state index in [1.54, 1.807) is 6.20 Å². The number of aromatic nitrogens is 4. The third kappa shape index (κ3) is 4.38. The summed E-state index contributed by atoms with van der Waals surface area (Å²) in [5, 5.41) is 32.3. The van der Waals surface area contributed by atoms with Crippen LogP contribution in [0.3, 0.4) is 0 Å². The Morgan fingerprint density at radius 3 is 2.45 bits per heavy atom. The predicted molar refractivity (Wildman–Crippen MR) is 105 cm³/mol. The van der Waals surface area contributed by atoms with Gasteiger partial charge in [-0.3, -0.25) is 10.1 Å². The highest BCUT2D eigenvalue weighted by Gasteiger charge is 2.11. The second-order valence-electron chi connectivity index (χ2n) is 5.80. The van der Waals surface area contributed by atoms with Gasteiger partial charge in [0.25, 0.3) is 5.69 Å². The van der Waals surface area contributed by atoms with Crippen molar-refractivity contribution in [3.05, 3.63) is 58.5 Å². The molecule has 0 aliphatic carbocycles. The van der Waals surface area contributed by atoms with Crippen LogP contribution in [0.1, 0.15) is 19.4 Å². The SMILES string of the molecule is CCN(CC)c1cnc(N=Nc2nn(-c3ccc([N+](=O)[O-])cc3)cc2C#N)cn1. The molecule has 0 radical (unpaired) electrons. The Kier molecular flexibility index (Phi) is 5.84. The lowest BCUT2D eigenvalue weighted by molar-refractivity contribution is -0.384. The zero-order valence-electron chi connectivity index (χ0n) is 15.8. The number of nitriles is 1. The largest absolute Gasteiger partial charge is 0.356 e. The average molecular weight is 391 g/mol. The highest BCUT2D eigenvalue weighted by molar-refractivity contribution is 5.49. The lowest BCUT2D eigenvalue weighted by atomic mass is 10.3. The van der Waals surface area contributed by atoms with Crippen LogP contribution in [0.2, 0.25) is 0 Å². The summed E-state index contributed by atoms with van der Waals surface area (Å²) in [6, 6.07) is 7.78. The molecule has 3 rings (SSSR count). The molecule has 29 heavy (non-hydrogen) atoms. The number of anilines is 1. The summed E-state index contributed by atoms with van der Waals surface area (Å²) in [6.07, 6.45) is 4.59. The second-order valence-corrected chi connectivity index (χ2v) is 5.80. The lowest BCUT2D eigenvalue weighted by Crippen LogP contribution is -2.22. The topological polar surface area (TPSA) is 138 Å². The van der Waals surface area contributed by atoms with E-state index < -0.39 is 4.92 Å². The molecule has 11 nitrogen and oxygen atoms in total. The molecule has 146 valence electrons. The Morgan fingerprint density at radius 1 is 1.17 bits per heavy atom. The summed E-state index contributed by atoms with van der Waals surface area (Å²) < 4.78 is 1.41. The number of hydrogen-bond acceptors (Lipinski definition) is 9. The van der Waals surface area contributed by atoms with Crippen LogP contribution in [0, 0.1) is 21.4 Å². The van der Waals surface area contributed by atoms with Crippen LogP contribution in [0.15, 0.2) is 53.1 Å². The molecule has 0 saturated heterocycles. The van der Waals surface area contributed by atoms with Gasteiger partial charge in [0.15, 0.2) is 5.82 Å². The quantitative estimate of drug-likeness (QED) is 0.340. The first-order valence-electron chi connectivity index (χ1n) is 8.79. The van der Waals surface area contributed by atoms with Crippen LogP contribution in [0.4, 0.5) is 23.1 Å². The van der Waals surface area contributed by atoms with Crippen molar-refractivity contribution < 1.29 is 4.92 Å².